The smallest absolute Gasteiger partial charge is 0.248 e. The summed E-state index contributed by atoms with van der Waals surface area (Å²) in [5.41, 5.74) is 7.09. The summed E-state index contributed by atoms with van der Waals surface area (Å²) in [7, 11) is 0. The number of aromatic nitrogens is 4. The Hall–Kier alpha value is -3.26. The Balaban J connectivity index is 1.64. The highest BCUT2D eigenvalue weighted by Crippen LogP contribution is 2.22. The van der Waals surface area contributed by atoms with Gasteiger partial charge >= 0.3 is 0 Å². The number of nitrogens with two attached hydrogens (primary N) is 1. The summed E-state index contributed by atoms with van der Waals surface area (Å²) in [4.78, 5) is 24.5. The van der Waals surface area contributed by atoms with E-state index < -0.39 is 5.91 Å². The van der Waals surface area contributed by atoms with Gasteiger partial charge in [0.05, 0.1) is 6.04 Å². The van der Waals surface area contributed by atoms with E-state index in [0.29, 0.717) is 22.0 Å². The molecule has 2 amide bonds. The average Bonchev–Trinajstić information content (AvgIpc) is 3.10. The average molecular weight is 385 g/mol. The van der Waals surface area contributed by atoms with Gasteiger partial charge in [0, 0.05) is 16.1 Å². The summed E-state index contributed by atoms with van der Waals surface area (Å²) in [6.45, 7) is 1.76. The molecule has 0 saturated heterocycles. The van der Waals surface area contributed by atoms with Crippen LogP contribution in [0.5, 0.6) is 0 Å². The van der Waals surface area contributed by atoms with Gasteiger partial charge in [0.15, 0.2) is 0 Å². The van der Waals surface area contributed by atoms with Crippen LogP contribution in [0.4, 0.5) is 0 Å². The second kappa shape index (κ2) is 7.96. The van der Waals surface area contributed by atoms with E-state index in [-0.39, 0.29) is 18.5 Å². The summed E-state index contributed by atoms with van der Waals surface area (Å²) in [6, 6.07) is 13.6. The minimum absolute atomic E-state index is 0.0822. The summed E-state index contributed by atoms with van der Waals surface area (Å²) in [5, 5.41) is 15.4. The summed E-state index contributed by atoms with van der Waals surface area (Å²) >= 11 is 6.14. The third-order valence-corrected chi connectivity index (χ3v) is 4.26. The SMILES string of the molecule is C[C@@H](NC(=O)Cn1nnc(-c2ccc(C(N)=O)cc2)n1)c1ccccc1Cl. The molecule has 0 spiro atoms. The van der Waals surface area contributed by atoms with Gasteiger partial charge in [-0.05, 0) is 35.9 Å². The van der Waals surface area contributed by atoms with Crippen molar-refractivity contribution < 1.29 is 9.59 Å². The molecule has 8 nitrogen and oxygen atoms in total. The molecular weight excluding hydrogens is 368 g/mol. The zero-order chi connectivity index (χ0) is 19.4. The van der Waals surface area contributed by atoms with Crippen molar-refractivity contribution in [1.29, 1.82) is 0 Å². The van der Waals surface area contributed by atoms with Crippen LogP contribution in [0.15, 0.2) is 48.5 Å². The van der Waals surface area contributed by atoms with E-state index in [4.69, 9.17) is 17.3 Å². The fourth-order valence-corrected chi connectivity index (χ4v) is 2.83. The summed E-state index contributed by atoms with van der Waals surface area (Å²) < 4.78 is 0. The van der Waals surface area contributed by atoms with Crippen molar-refractivity contribution in [3.05, 3.63) is 64.7 Å². The van der Waals surface area contributed by atoms with Crippen molar-refractivity contribution in [2.45, 2.75) is 19.5 Å². The summed E-state index contributed by atoms with van der Waals surface area (Å²) in [5.74, 6) is -0.434. The highest BCUT2D eigenvalue weighted by Gasteiger charge is 2.14. The maximum atomic E-state index is 12.2. The lowest BCUT2D eigenvalue weighted by Crippen LogP contribution is -2.31. The number of amides is 2. The fourth-order valence-electron chi connectivity index (χ4n) is 2.53. The first kappa shape index (κ1) is 18.5. The van der Waals surface area contributed by atoms with Crippen molar-refractivity contribution in [1.82, 2.24) is 25.5 Å². The fraction of sp³-hybridized carbons (Fsp3) is 0.167. The predicted molar refractivity (Wildman–Crippen MR) is 99.8 cm³/mol. The Kier molecular flexibility index (Phi) is 5.46. The van der Waals surface area contributed by atoms with Crippen LogP contribution in [0.3, 0.4) is 0 Å². The normalized spacial score (nSPS) is 11.8. The summed E-state index contributed by atoms with van der Waals surface area (Å²) in [6.07, 6.45) is 0. The largest absolute Gasteiger partial charge is 0.366 e. The van der Waals surface area contributed by atoms with Crippen LogP contribution in [0, 0.1) is 0 Å². The molecule has 3 rings (SSSR count). The quantitative estimate of drug-likeness (QED) is 0.674. The number of carbonyl (C=O) groups is 2. The molecule has 9 heteroatoms. The maximum Gasteiger partial charge on any atom is 0.248 e. The van der Waals surface area contributed by atoms with Crippen LogP contribution in [0.25, 0.3) is 11.4 Å². The first-order chi connectivity index (χ1) is 12.9. The second-order valence-electron chi connectivity index (χ2n) is 5.90. The third-order valence-electron chi connectivity index (χ3n) is 3.91. The monoisotopic (exact) mass is 384 g/mol. The third kappa shape index (κ3) is 4.48. The first-order valence-electron chi connectivity index (χ1n) is 8.16. The molecule has 0 aliphatic carbocycles. The maximum absolute atomic E-state index is 12.2. The number of primary amides is 1. The Morgan fingerprint density at radius 3 is 2.56 bits per heavy atom. The molecule has 138 valence electrons. The molecule has 0 saturated carbocycles. The number of tetrazole rings is 1. The molecule has 27 heavy (non-hydrogen) atoms. The lowest BCUT2D eigenvalue weighted by atomic mass is 10.1. The zero-order valence-electron chi connectivity index (χ0n) is 14.5. The van der Waals surface area contributed by atoms with Crippen LogP contribution in [0.1, 0.15) is 28.9 Å². The van der Waals surface area contributed by atoms with Crippen LogP contribution >= 0.6 is 11.6 Å². The number of halogens is 1. The Morgan fingerprint density at radius 1 is 1.19 bits per heavy atom. The van der Waals surface area contributed by atoms with Crippen molar-refractivity contribution in [2.24, 2.45) is 5.73 Å². The molecule has 0 bridgehead atoms. The van der Waals surface area contributed by atoms with Gasteiger partial charge in [-0.3, -0.25) is 9.59 Å². The Bertz CT molecular complexity index is 970. The number of hydrogen-bond donors (Lipinski definition) is 2. The molecule has 1 aromatic heterocycles. The van der Waals surface area contributed by atoms with Gasteiger partial charge in [-0.1, -0.05) is 41.9 Å². The number of benzene rings is 2. The highest BCUT2D eigenvalue weighted by molar-refractivity contribution is 6.31. The molecule has 0 radical (unpaired) electrons. The number of rotatable bonds is 6. The van der Waals surface area contributed by atoms with Crippen molar-refractivity contribution in [3.63, 3.8) is 0 Å². The zero-order valence-corrected chi connectivity index (χ0v) is 15.2. The highest BCUT2D eigenvalue weighted by atomic mass is 35.5. The Morgan fingerprint density at radius 2 is 1.89 bits per heavy atom. The van der Waals surface area contributed by atoms with Crippen LogP contribution in [-0.2, 0) is 11.3 Å². The molecule has 2 aromatic carbocycles. The van der Waals surface area contributed by atoms with Gasteiger partial charge < -0.3 is 11.1 Å². The predicted octanol–water partition coefficient (Wildman–Crippen LogP) is 1.97. The van der Waals surface area contributed by atoms with E-state index >= 15 is 0 Å². The first-order valence-corrected chi connectivity index (χ1v) is 8.53. The number of hydrogen-bond acceptors (Lipinski definition) is 5. The minimum Gasteiger partial charge on any atom is -0.366 e. The second-order valence-corrected chi connectivity index (χ2v) is 6.30. The molecule has 0 aliphatic rings. The number of nitrogens with zero attached hydrogens (tertiary/aromatic N) is 4. The standard InChI is InChI=1S/C18H17ClN6O2/c1-11(14-4-2-3-5-15(14)19)21-16(26)10-25-23-18(22-24-25)13-8-6-12(7-9-13)17(20)27/h2-9,11H,10H2,1H3,(H2,20,27)(H,21,26)/t11-/m1/s1. The Labute approximate surface area is 160 Å². The molecule has 3 N–H and O–H groups in total. The topological polar surface area (TPSA) is 116 Å². The van der Waals surface area contributed by atoms with Gasteiger partial charge in [0.1, 0.15) is 6.54 Å². The van der Waals surface area contributed by atoms with E-state index in [1.165, 1.54) is 4.80 Å². The van der Waals surface area contributed by atoms with E-state index in [2.05, 4.69) is 20.7 Å². The molecule has 0 aliphatic heterocycles. The molecule has 3 aromatic rings. The molecule has 0 unspecified atom stereocenters. The number of nitrogens with one attached hydrogen (secondary N) is 1. The van der Waals surface area contributed by atoms with E-state index in [1.807, 2.05) is 25.1 Å². The van der Waals surface area contributed by atoms with Crippen molar-refractivity contribution in [2.75, 3.05) is 0 Å². The number of carbonyl (C=O) groups excluding carboxylic acids is 2. The molecule has 1 heterocycles. The molecule has 1 atom stereocenters. The van der Waals surface area contributed by atoms with Crippen molar-refractivity contribution >= 4 is 23.4 Å². The van der Waals surface area contributed by atoms with E-state index in [9.17, 15) is 9.59 Å². The van der Waals surface area contributed by atoms with Gasteiger partial charge in [-0.15, -0.1) is 10.2 Å². The van der Waals surface area contributed by atoms with E-state index in [0.717, 1.165) is 5.56 Å². The van der Waals surface area contributed by atoms with Crippen LogP contribution in [-0.4, -0.2) is 32.0 Å². The molecular formula is C18H17ClN6O2. The molecule has 0 fully saturated rings. The van der Waals surface area contributed by atoms with Gasteiger partial charge in [-0.2, -0.15) is 4.80 Å². The van der Waals surface area contributed by atoms with Crippen LogP contribution < -0.4 is 11.1 Å². The lowest BCUT2D eigenvalue weighted by molar-refractivity contribution is -0.122. The van der Waals surface area contributed by atoms with Gasteiger partial charge in [0.25, 0.3) is 0 Å². The van der Waals surface area contributed by atoms with E-state index in [1.54, 1.807) is 30.3 Å². The lowest BCUT2D eigenvalue weighted by Gasteiger charge is -2.15. The van der Waals surface area contributed by atoms with Gasteiger partial charge in [0.2, 0.25) is 17.6 Å². The van der Waals surface area contributed by atoms with Crippen LogP contribution in [0.2, 0.25) is 5.02 Å². The minimum atomic E-state index is -0.512. The van der Waals surface area contributed by atoms with Gasteiger partial charge in [-0.25, -0.2) is 0 Å². The van der Waals surface area contributed by atoms with Crippen molar-refractivity contribution in [3.8, 4) is 11.4 Å².